The van der Waals surface area contributed by atoms with Crippen LogP contribution in [-0.4, -0.2) is 41.1 Å². The first-order valence-electron chi connectivity index (χ1n) is 6.75. The molecule has 102 valence electrons. The molecule has 2 fully saturated rings. The Morgan fingerprint density at radius 2 is 2.00 bits per heavy atom. The standard InChI is InChI=1S/C13H22N2O3/c1-3-9-8-10(9)14-12(18)15-6-4-13(2,5-7-15)11(16)17/h9-10H,3-8H2,1-2H3,(H,14,18)(H,16,17). The van der Waals surface area contributed by atoms with E-state index in [4.69, 9.17) is 5.11 Å². The Balaban J connectivity index is 1.79. The molecule has 5 nitrogen and oxygen atoms in total. The molecule has 18 heavy (non-hydrogen) atoms. The van der Waals surface area contributed by atoms with Crippen LogP contribution in [0.3, 0.4) is 0 Å². The van der Waals surface area contributed by atoms with Crippen molar-refractivity contribution in [2.24, 2.45) is 11.3 Å². The van der Waals surface area contributed by atoms with Crippen molar-refractivity contribution in [3.8, 4) is 0 Å². The smallest absolute Gasteiger partial charge is 0.317 e. The third kappa shape index (κ3) is 2.60. The highest BCUT2D eigenvalue weighted by molar-refractivity contribution is 5.77. The fraction of sp³-hybridized carbons (Fsp3) is 0.846. The van der Waals surface area contributed by atoms with Gasteiger partial charge in [-0.2, -0.15) is 0 Å². The largest absolute Gasteiger partial charge is 0.481 e. The first-order chi connectivity index (χ1) is 8.46. The molecular formula is C13H22N2O3. The zero-order valence-corrected chi connectivity index (χ0v) is 11.1. The summed E-state index contributed by atoms with van der Waals surface area (Å²) in [4.78, 5) is 24.8. The van der Waals surface area contributed by atoms with Crippen molar-refractivity contribution in [2.45, 2.75) is 45.6 Å². The molecule has 1 aliphatic carbocycles. The highest BCUT2D eigenvalue weighted by atomic mass is 16.4. The van der Waals surface area contributed by atoms with Crippen molar-refractivity contribution in [3.05, 3.63) is 0 Å². The molecule has 2 aliphatic rings. The van der Waals surface area contributed by atoms with Crippen LogP contribution < -0.4 is 5.32 Å². The highest BCUT2D eigenvalue weighted by Gasteiger charge is 2.40. The summed E-state index contributed by atoms with van der Waals surface area (Å²) in [5, 5.41) is 12.1. The number of hydrogen-bond acceptors (Lipinski definition) is 2. The number of likely N-dealkylation sites (tertiary alicyclic amines) is 1. The Morgan fingerprint density at radius 3 is 2.44 bits per heavy atom. The lowest BCUT2D eigenvalue weighted by Crippen LogP contribution is -2.49. The SMILES string of the molecule is CCC1CC1NC(=O)N1CCC(C)(C(=O)O)CC1. The molecule has 0 radical (unpaired) electrons. The second-order valence-corrected chi connectivity index (χ2v) is 5.81. The molecule has 0 aromatic heterocycles. The summed E-state index contributed by atoms with van der Waals surface area (Å²) < 4.78 is 0. The molecule has 2 atom stereocenters. The van der Waals surface area contributed by atoms with Gasteiger partial charge in [0.1, 0.15) is 0 Å². The second-order valence-electron chi connectivity index (χ2n) is 5.81. The van der Waals surface area contributed by atoms with Crippen LogP contribution in [0.5, 0.6) is 0 Å². The number of urea groups is 1. The molecule has 2 N–H and O–H groups in total. The number of amides is 2. The molecule has 1 saturated heterocycles. The monoisotopic (exact) mass is 254 g/mol. The lowest BCUT2D eigenvalue weighted by molar-refractivity contribution is -0.150. The van der Waals surface area contributed by atoms with Crippen molar-refractivity contribution >= 4 is 12.0 Å². The summed E-state index contributed by atoms with van der Waals surface area (Å²) >= 11 is 0. The van der Waals surface area contributed by atoms with Gasteiger partial charge in [-0.15, -0.1) is 0 Å². The second kappa shape index (κ2) is 4.78. The Labute approximate surface area is 108 Å². The first-order valence-corrected chi connectivity index (χ1v) is 6.75. The summed E-state index contributed by atoms with van der Waals surface area (Å²) in [6.07, 6.45) is 3.28. The van der Waals surface area contributed by atoms with E-state index in [1.54, 1.807) is 11.8 Å². The Kier molecular flexibility index (Phi) is 3.50. The predicted octanol–water partition coefficient (Wildman–Crippen LogP) is 1.68. The predicted molar refractivity (Wildman–Crippen MR) is 67.3 cm³/mol. The number of hydrogen-bond donors (Lipinski definition) is 2. The van der Waals surface area contributed by atoms with Crippen LogP contribution in [0.2, 0.25) is 0 Å². The quantitative estimate of drug-likeness (QED) is 0.805. The summed E-state index contributed by atoms with van der Waals surface area (Å²) in [6, 6.07) is 0.318. The van der Waals surface area contributed by atoms with E-state index in [9.17, 15) is 9.59 Å². The molecular weight excluding hydrogens is 232 g/mol. The van der Waals surface area contributed by atoms with E-state index in [1.807, 2.05) is 0 Å². The maximum atomic E-state index is 12.0. The van der Waals surface area contributed by atoms with Gasteiger partial charge in [-0.05, 0) is 32.1 Å². The number of aliphatic carboxylic acids is 1. The van der Waals surface area contributed by atoms with Crippen molar-refractivity contribution in [3.63, 3.8) is 0 Å². The highest BCUT2D eigenvalue weighted by Crippen LogP contribution is 2.34. The van der Waals surface area contributed by atoms with E-state index in [1.165, 1.54) is 0 Å². The number of carbonyl (C=O) groups excluding carboxylic acids is 1. The van der Waals surface area contributed by atoms with Crippen LogP contribution in [0.25, 0.3) is 0 Å². The zero-order chi connectivity index (χ0) is 13.3. The number of rotatable bonds is 3. The Hall–Kier alpha value is -1.26. The average molecular weight is 254 g/mol. The maximum Gasteiger partial charge on any atom is 0.317 e. The number of nitrogens with one attached hydrogen (secondary N) is 1. The number of carboxylic acid groups (broad SMARTS) is 1. The van der Waals surface area contributed by atoms with Gasteiger partial charge in [-0.1, -0.05) is 13.3 Å². The normalized spacial score (nSPS) is 29.8. The van der Waals surface area contributed by atoms with Crippen molar-refractivity contribution in [1.82, 2.24) is 10.2 Å². The van der Waals surface area contributed by atoms with Crippen LogP contribution in [0.4, 0.5) is 4.79 Å². The Bertz CT molecular complexity index is 348. The molecule has 0 aromatic rings. The van der Waals surface area contributed by atoms with Crippen LogP contribution in [0.1, 0.15) is 39.5 Å². The molecule has 0 aromatic carbocycles. The maximum absolute atomic E-state index is 12.0. The molecule has 0 spiro atoms. The van der Waals surface area contributed by atoms with E-state index in [0.717, 1.165) is 12.8 Å². The molecule has 0 bridgehead atoms. The molecule has 1 aliphatic heterocycles. The Morgan fingerprint density at radius 1 is 1.39 bits per heavy atom. The third-order valence-corrected chi connectivity index (χ3v) is 4.43. The van der Waals surface area contributed by atoms with Gasteiger partial charge < -0.3 is 15.3 Å². The van der Waals surface area contributed by atoms with E-state index >= 15 is 0 Å². The lowest BCUT2D eigenvalue weighted by atomic mass is 9.80. The van der Waals surface area contributed by atoms with Crippen LogP contribution >= 0.6 is 0 Å². The van der Waals surface area contributed by atoms with Gasteiger partial charge in [-0.25, -0.2) is 4.79 Å². The molecule has 1 heterocycles. The van der Waals surface area contributed by atoms with Crippen molar-refractivity contribution in [1.29, 1.82) is 0 Å². The summed E-state index contributed by atoms with van der Waals surface area (Å²) in [6.45, 7) is 4.98. The fourth-order valence-corrected chi connectivity index (χ4v) is 2.54. The third-order valence-electron chi connectivity index (χ3n) is 4.43. The summed E-state index contributed by atoms with van der Waals surface area (Å²) in [5.41, 5.74) is -0.664. The number of nitrogens with zero attached hydrogens (tertiary/aromatic N) is 1. The topological polar surface area (TPSA) is 69.6 Å². The van der Waals surface area contributed by atoms with Gasteiger partial charge in [0.05, 0.1) is 5.41 Å². The molecule has 5 heteroatoms. The van der Waals surface area contributed by atoms with Crippen molar-refractivity contribution in [2.75, 3.05) is 13.1 Å². The molecule has 2 unspecified atom stereocenters. The van der Waals surface area contributed by atoms with E-state index in [2.05, 4.69) is 12.2 Å². The minimum absolute atomic E-state index is 0.0246. The lowest BCUT2D eigenvalue weighted by Gasteiger charge is -2.36. The van der Waals surface area contributed by atoms with Crippen molar-refractivity contribution < 1.29 is 14.7 Å². The minimum atomic E-state index is -0.754. The van der Waals surface area contributed by atoms with E-state index in [-0.39, 0.29) is 6.03 Å². The van der Waals surface area contributed by atoms with Gasteiger partial charge >= 0.3 is 12.0 Å². The molecule has 2 amide bonds. The van der Waals surface area contributed by atoms with Crippen LogP contribution in [0, 0.1) is 11.3 Å². The van der Waals surface area contributed by atoms with Gasteiger partial charge in [0.2, 0.25) is 0 Å². The van der Waals surface area contributed by atoms with E-state index in [0.29, 0.717) is 37.9 Å². The van der Waals surface area contributed by atoms with Crippen LogP contribution in [0.15, 0.2) is 0 Å². The van der Waals surface area contributed by atoms with Crippen LogP contribution in [-0.2, 0) is 4.79 Å². The van der Waals surface area contributed by atoms with Gasteiger partial charge in [0.25, 0.3) is 0 Å². The first kappa shape index (κ1) is 13.2. The number of carbonyl (C=O) groups is 2. The summed E-state index contributed by atoms with van der Waals surface area (Å²) in [7, 11) is 0. The summed E-state index contributed by atoms with van der Waals surface area (Å²) in [5.74, 6) is -0.112. The molecule has 1 saturated carbocycles. The number of piperidine rings is 1. The van der Waals surface area contributed by atoms with Gasteiger partial charge in [0, 0.05) is 19.1 Å². The number of carboxylic acids is 1. The average Bonchev–Trinajstić information content (AvgIpc) is 3.08. The minimum Gasteiger partial charge on any atom is -0.481 e. The van der Waals surface area contributed by atoms with E-state index < -0.39 is 11.4 Å². The molecule has 2 rings (SSSR count). The zero-order valence-electron chi connectivity index (χ0n) is 11.1. The van der Waals surface area contributed by atoms with Gasteiger partial charge in [0.15, 0.2) is 0 Å². The fourth-order valence-electron chi connectivity index (χ4n) is 2.54. The van der Waals surface area contributed by atoms with Gasteiger partial charge in [-0.3, -0.25) is 4.79 Å².